The van der Waals surface area contributed by atoms with Crippen molar-refractivity contribution in [1.82, 2.24) is 5.32 Å². The summed E-state index contributed by atoms with van der Waals surface area (Å²) in [6.45, 7) is 2.70. The molecular formula is C18H19N3O4. The lowest BCUT2D eigenvalue weighted by Gasteiger charge is -2.22. The first-order chi connectivity index (χ1) is 11.9. The molecule has 0 saturated heterocycles. The summed E-state index contributed by atoms with van der Waals surface area (Å²) in [7, 11) is 0. The van der Waals surface area contributed by atoms with Gasteiger partial charge in [0.1, 0.15) is 11.3 Å². The van der Waals surface area contributed by atoms with Crippen LogP contribution >= 0.6 is 0 Å². The Kier molecular flexibility index (Phi) is 5.61. The average Bonchev–Trinajstić information content (AvgIpc) is 3.45. The Morgan fingerprint density at radius 2 is 1.96 bits per heavy atom. The number of ether oxygens (including phenoxy) is 2. The van der Waals surface area contributed by atoms with Gasteiger partial charge in [-0.3, -0.25) is 4.79 Å². The fourth-order valence-corrected chi connectivity index (χ4v) is 2.32. The van der Waals surface area contributed by atoms with Gasteiger partial charge in [0, 0.05) is 0 Å². The lowest BCUT2D eigenvalue weighted by molar-refractivity contribution is -0.155. The topological polar surface area (TPSA) is 112 Å². The monoisotopic (exact) mass is 341 g/mol. The van der Waals surface area contributed by atoms with Crippen molar-refractivity contribution in [3.05, 3.63) is 29.8 Å². The maximum absolute atomic E-state index is 11.9. The molecule has 25 heavy (non-hydrogen) atoms. The van der Waals surface area contributed by atoms with E-state index in [1.807, 2.05) is 6.07 Å². The van der Waals surface area contributed by atoms with Gasteiger partial charge in [0.2, 0.25) is 0 Å². The number of amides is 1. The first kappa shape index (κ1) is 18.3. The minimum Gasteiger partial charge on any atom is -0.479 e. The van der Waals surface area contributed by atoms with Crippen molar-refractivity contribution >= 4 is 11.9 Å². The number of carbonyl (C=O) groups excluding carboxylic acids is 2. The van der Waals surface area contributed by atoms with Gasteiger partial charge >= 0.3 is 5.97 Å². The van der Waals surface area contributed by atoms with Gasteiger partial charge in [-0.15, -0.1) is 0 Å². The third-order valence-corrected chi connectivity index (χ3v) is 4.00. The molecule has 1 aliphatic carbocycles. The SMILES string of the molecule is C[C@H](Oc1ccc(C#N)cc1)C(=O)OCC(=O)N[C@@](C)(C#N)C1CC1. The van der Waals surface area contributed by atoms with E-state index in [2.05, 4.69) is 11.4 Å². The first-order valence-corrected chi connectivity index (χ1v) is 7.93. The van der Waals surface area contributed by atoms with E-state index in [4.69, 9.17) is 14.7 Å². The van der Waals surface area contributed by atoms with Crippen LogP contribution in [0.4, 0.5) is 0 Å². The third-order valence-electron chi connectivity index (χ3n) is 4.00. The van der Waals surface area contributed by atoms with E-state index in [1.54, 1.807) is 31.2 Å². The molecular weight excluding hydrogens is 322 g/mol. The molecule has 1 amide bonds. The second kappa shape index (κ2) is 7.67. The molecule has 0 radical (unpaired) electrons. The number of hydrogen-bond donors (Lipinski definition) is 1. The Bertz CT molecular complexity index is 728. The molecule has 0 heterocycles. The molecule has 1 aliphatic rings. The van der Waals surface area contributed by atoms with Crippen molar-refractivity contribution in [2.45, 2.75) is 38.3 Å². The largest absolute Gasteiger partial charge is 0.479 e. The smallest absolute Gasteiger partial charge is 0.347 e. The number of benzene rings is 1. The van der Waals surface area contributed by atoms with Gasteiger partial charge in [-0.25, -0.2) is 4.79 Å². The van der Waals surface area contributed by atoms with Crippen molar-refractivity contribution in [2.24, 2.45) is 5.92 Å². The Morgan fingerprint density at radius 1 is 1.32 bits per heavy atom. The number of nitrogens with zero attached hydrogens (tertiary/aromatic N) is 2. The maximum Gasteiger partial charge on any atom is 0.347 e. The normalized spacial score (nSPS) is 16.5. The van der Waals surface area contributed by atoms with E-state index in [0.29, 0.717) is 11.3 Å². The fourth-order valence-electron chi connectivity index (χ4n) is 2.32. The minimum atomic E-state index is -0.923. The van der Waals surface area contributed by atoms with Gasteiger partial charge in [0.15, 0.2) is 12.7 Å². The minimum absolute atomic E-state index is 0.149. The number of rotatable bonds is 7. The standard InChI is InChI=1S/C18H19N3O4/c1-12(25-15-7-3-13(9-19)4-8-15)17(23)24-10-16(22)21-18(2,11-20)14-5-6-14/h3-4,7-8,12,14H,5-6,10H2,1-2H3,(H,21,22)/t12-,18-/m0/s1. The van der Waals surface area contributed by atoms with Crippen molar-refractivity contribution in [3.63, 3.8) is 0 Å². The van der Waals surface area contributed by atoms with Crippen LogP contribution < -0.4 is 10.1 Å². The van der Waals surface area contributed by atoms with E-state index >= 15 is 0 Å². The Balaban J connectivity index is 1.79. The van der Waals surface area contributed by atoms with Crippen LogP contribution in [0.1, 0.15) is 32.3 Å². The Morgan fingerprint density at radius 3 is 2.48 bits per heavy atom. The van der Waals surface area contributed by atoms with Crippen LogP contribution in [0.2, 0.25) is 0 Å². The maximum atomic E-state index is 11.9. The Hall–Kier alpha value is -3.06. The molecule has 0 spiro atoms. The van der Waals surface area contributed by atoms with Gasteiger partial charge in [-0.2, -0.15) is 10.5 Å². The van der Waals surface area contributed by atoms with Crippen LogP contribution in [0.15, 0.2) is 24.3 Å². The van der Waals surface area contributed by atoms with Crippen LogP contribution in [0.3, 0.4) is 0 Å². The van der Waals surface area contributed by atoms with Crippen LogP contribution in [-0.2, 0) is 14.3 Å². The lowest BCUT2D eigenvalue weighted by atomic mass is 9.98. The molecule has 2 rings (SSSR count). The zero-order valence-electron chi connectivity index (χ0n) is 14.1. The van der Waals surface area contributed by atoms with Crippen LogP contribution in [0.25, 0.3) is 0 Å². The van der Waals surface area contributed by atoms with E-state index in [0.717, 1.165) is 12.8 Å². The molecule has 0 bridgehead atoms. The molecule has 7 nitrogen and oxygen atoms in total. The van der Waals surface area contributed by atoms with E-state index in [1.165, 1.54) is 6.92 Å². The highest BCUT2D eigenvalue weighted by Crippen LogP contribution is 2.39. The second-order valence-corrected chi connectivity index (χ2v) is 6.14. The van der Waals surface area contributed by atoms with E-state index in [9.17, 15) is 14.9 Å². The summed E-state index contributed by atoms with van der Waals surface area (Å²) >= 11 is 0. The molecule has 1 aromatic rings. The number of nitriles is 2. The van der Waals surface area contributed by atoms with Gasteiger partial charge in [-0.05, 0) is 56.9 Å². The summed E-state index contributed by atoms with van der Waals surface area (Å²) < 4.78 is 10.3. The average molecular weight is 341 g/mol. The van der Waals surface area contributed by atoms with Gasteiger partial charge in [0.05, 0.1) is 17.7 Å². The number of esters is 1. The zero-order chi connectivity index (χ0) is 18.4. The summed E-state index contributed by atoms with van der Waals surface area (Å²) in [4.78, 5) is 23.8. The van der Waals surface area contributed by atoms with E-state index in [-0.39, 0.29) is 5.92 Å². The molecule has 1 saturated carbocycles. The summed E-state index contributed by atoms with van der Waals surface area (Å²) in [5.41, 5.74) is -0.441. The van der Waals surface area contributed by atoms with Gasteiger partial charge < -0.3 is 14.8 Å². The number of nitrogens with one attached hydrogen (secondary N) is 1. The second-order valence-electron chi connectivity index (χ2n) is 6.14. The summed E-state index contributed by atoms with van der Waals surface area (Å²) in [5, 5.41) is 20.5. The number of hydrogen-bond acceptors (Lipinski definition) is 6. The molecule has 7 heteroatoms. The van der Waals surface area contributed by atoms with Crippen molar-refractivity contribution in [1.29, 1.82) is 10.5 Å². The first-order valence-electron chi connectivity index (χ1n) is 7.93. The zero-order valence-corrected chi connectivity index (χ0v) is 14.1. The highest BCUT2D eigenvalue weighted by atomic mass is 16.6. The Labute approximate surface area is 146 Å². The predicted octanol–water partition coefficient (Wildman–Crippen LogP) is 1.68. The van der Waals surface area contributed by atoms with Crippen molar-refractivity contribution in [3.8, 4) is 17.9 Å². The quantitative estimate of drug-likeness (QED) is 0.755. The molecule has 1 N–H and O–H groups in total. The molecule has 0 unspecified atom stereocenters. The molecule has 130 valence electrons. The van der Waals surface area contributed by atoms with Crippen molar-refractivity contribution in [2.75, 3.05) is 6.61 Å². The number of carbonyl (C=O) groups is 2. The van der Waals surface area contributed by atoms with E-state index < -0.39 is 30.1 Å². The summed E-state index contributed by atoms with van der Waals surface area (Å²) in [6.07, 6.45) is 0.894. The van der Waals surface area contributed by atoms with Crippen molar-refractivity contribution < 1.29 is 19.1 Å². The molecule has 0 aromatic heterocycles. The summed E-state index contributed by atoms with van der Waals surface area (Å²) in [5.74, 6) is -0.644. The predicted molar refractivity (Wildman–Crippen MR) is 87.1 cm³/mol. The van der Waals surface area contributed by atoms with Crippen LogP contribution in [0.5, 0.6) is 5.75 Å². The van der Waals surface area contributed by atoms with Gasteiger partial charge in [-0.1, -0.05) is 0 Å². The third kappa shape index (κ3) is 4.95. The highest BCUT2D eigenvalue weighted by Gasteiger charge is 2.43. The van der Waals surface area contributed by atoms with Gasteiger partial charge in [0.25, 0.3) is 5.91 Å². The van der Waals surface area contributed by atoms with Crippen LogP contribution in [-0.4, -0.2) is 30.1 Å². The summed E-state index contributed by atoms with van der Waals surface area (Å²) in [6, 6.07) is 10.4. The molecule has 2 atom stereocenters. The molecule has 1 fully saturated rings. The highest BCUT2D eigenvalue weighted by molar-refractivity contribution is 5.82. The fraction of sp³-hybridized carbons (Fsp3) is 0.444. The molecule has 0 aliphatic heterocycles. The van der Waals surface area contributed by atoms with Crippen LogP contribution in [0, 0.1) is 28.6 Å². The molecule has 1 aromatic carbocycles. The lowest BCUT2D eigenvalue weighted by Crippen LogP contribution is -2.48.